The SMILES string of the molecule is CCNC(=NCC(C)N1CCc2sccc2C1)NCCCOCC1CCOC1.I. The summed E-state index contributed by atoms with van der Waals surface area (Å²) in [6, 6.07) is 2.72. The standard InChI is InChI=1S/C21H36N4O2S.HI/c1-3-22-21(23-8-4-10-26-15-18-6-11-27-16-18)24-13-17(2)25-9-5-20-19(14-25)7-12-28-20;/h7,12,17-18H,3-6,8-11,13-16H2,1-2H3,(H2,22,23,24);1H. The van der Waals surface area contributed by atoms with E-state index in [0.29, 0.717) is 12.0 Å². The van der Waals surface area contributed by atoms with Crippen molar-refractivity contribution < 1.29 is 9.47 Å². The largest absolute Gasteiger partial charge is 0.381 e. The van der Waals surface area contributed by atoms with Crippen LogP contribution in [0.15, 0.2) is 16.4 Å². The first-order valence-corrected chi connectivity index (χ1v) is 11.6. The van der Waals surface area contributed by atoms with E-state index in [-0.39, 0.29) is 24.0 Å². The molecule has 2 aliphatic rings. The first-order chi connectivity index (χ1) is 13.8. The van der Waals surface area contributed by atoms with E-state index in [0.717, 1.165) is 78.0 Å². The Hall–Kier alpha value is -0.420. The Kier molecular flexibility index (Phi) is 11.8. The lowest BCUT2D eigenvalue weighted by Crippen LogP contribution is -2.41. The van der Waals surface area contributed by atoms with E-state index in [1.54, 1.807) is 4.88 Å². The highest BCUT2D eigenvalue weighted by Crippen LogP contribution is 2.25. The highest BCUT2D eigenvalue weighted by Gasteiger charge is 2.21. The molecule has 2 aliphatic heterocycles. The van der Waals surface area contributed by atoms with E-state index in [2.05, 4.69) is 40.8 Å². The Labute approximate surface area is 196 Å². The van der Waals surface area contributed by atoms with Crippen LogP contribution in [-0.2, 0) is 22.4 Å². The average Bonchev–Trinajstić information content (AvgIpc) is 3.39. The summed E-state index contributed by atoms with van der Waals surface area (Å²) in [6.07, 6.45) is 3.30. The zero-order valence-electron chi connectivity index (χ0n) is 17.8. The van der Waals surface area contributed by atoms with Crippen molar-refractivity contribution in [2.45, 2.75) is 45.7 Å². The molecule has 1 fully saturated rings. The molecule has 1 aromatic rings. The van der Waals surface area contributed by atoms with Crippen LogP contribution >= 0.6 is 35.3 Å². The Balaban J connectivity index is 0.00000300. The normalized spacial score (nSPS) is 20.8. The van der Waals surface area contributed by atoms with Gasteiger partial charge in [-0.15, -0.1) is 35.3 Å². The summed E-state index contributed by atoms with van der Waals surface area (Å²) in [4.78, 5) is 8.92. The molecule has 0 radical (unpaired) electrons. The van der Waals surface area contributed by atoms with Crippen LogP contribution in [-0.4, -0.2) is 69.5 Å². The van der Waals surface area contributed by atoms with Crippen molar-refractivity contribution in [3.8, 4) is 0 Å². The van der Waals surface area contributed by atoms with E-state index in [1.165, 1.54) is 12.0 Å². The molecule has 2 unspecified atom stereocenters. The molecule has 0 bridgehead atoms. The van der Waals surface area contributed by atoms with E-state index in [1.807, 2.05) is 11.3 Å². The van der Waals surface area contributed by atoms with Crippen molar-refractivity contribution in [3.63, 3.8) is 0 Å². The van der Waals surface area contributed by atoms with Gasteiger partial charge in [0.05, 0.1) is 19.8 Å². The minimum Gasteiger partial charge on any atom is -0.381 e. The summed E-state index contributed by atoms with van der Waals surface area (Å²) in [7, 11) is 0. The van der Waals surface area contributed by atoms with Crippen molar-refractivity contribution in [1.29, 1.82) is 0 Å². The summed E-state index contributed by atoms with van der Waals surface area (Å²) < 4.78 is 11.2. The van der Waals surface area contributed by atoms with Crippen molar-refractivity contribution in [1.82, 2.24) is 15.5 Å². The predicted octanol–water partition coefficient (Wildman–Crippen LogP) is 3.11. The van der Waals surface area contributed by atoms with E-state index in [9.17, 15) is 0 Å². The van der Waals surface area contributed by atoms with Crippen LogP contribution in [0.1, 0.15) is 37.1 Å². The molecular formula is C21H37IN4O2S. The lowest BCUT2D eigenvalue weighted by atomic mass is 10.1. The predicted molar refractivity (Wildman–Crippen MR) is 132 cm³/mol. The number of thiophene rings is 1. The molecule has 8 heteroatoms. The second kappa shape index (κ2) is 13.8. The number of hydrogen-bond acceptors (Lipinski definition) is 5. The van der Waals surface area contributed by atoms with Gasteiger partial charge < -0.3 is 20.1 Å². The van der Waals surface area contributed by atoms with Crippen LogP contribution < -0.4 is 10.6 Å². The molecule has 1 saturated heterocycles. The zero-order valence-corrected chi connectivity index (χ0v) is 21.0. The minimum absolute atomic E-state index is 0. The third kappa shape index (κ3) is 8.32. The first-order valence-electron chi connectivity index (χ1n) is 10.7. The van der Waals surface area contributed by atoms with Gasteiger partial charge in [-0.1, -0.05) is 0 Å². The van der Waals surface area contributed by atoms with Gasteiger partial charge in [0.2, 0.25) is 0 Å². The van der Waals surface area contributed by atoms with Crippen LogP contribution in [0.5, 0.6) is 0 Å². The number of halogens is 1. The maximum Gasteiger partial charge on any atom is 0.191 e. The smallest absolute Gasteiger partial charge is 0.191 e. The average molecular weight is 537 g/mol. The molecule has 0 saturated carbocycles. The number of rotatable bonds is 10. The minimum atomic E-state index is 0. The highest BCUT2D eigenvalue weighted by molar-refractivity contribution is 14.0. The molecule has 0 spiro atoms. The monoisotopic (exact) mass is 536 g/mol. The van der Waals surface area contributed by atoms with Gasteiger partial charge in [-0.25, -0.2) is 0 Å². The van der Waals surface area contributed by atoms with E-state index < -0.39 is 0 Å². The van der Waals surface area contributed by atoms with Gasteiger partial charge in [-0.2, -0.15) is 0 Å². The molecule has 2 N–H and O–H groups in total. The summed E-state index contributed by atoms with van der Waals surface area (Å²) in [6.45, 7) is 12.5. The fourth-order valence-corrected chi connectivity index (χ4v) is 4.56. The van der Waals surface area contributed by atoms with Crippen molar-refractivity contribution in [2.24, 2.45) is 10.9 Å². The maximum atomic E-state index is 5.77. The molecule has 6 nitrogen and oxygen atoms in total. The molecular weight excluding hydrogens is 499 g/mol. The Morgan fingerprint density at radius 1 is 1.45 bits per heavy atom. The second-order valence-corrected chi connectivity index (χ2v) is 8.74. The summed E-state index contributed by atoms with van der Waals surface area (Å²) in [5, 5.41) is 9.01. The molecule has 29 heavy (non-hydrogen) atoms. The van der Waals surface area contributed by atoms with Crippen molar-refractivity contribution in [2.75, 3.05) is 52.6 Å². The fourth-order valence-electron chi connectivity index (χ4n) is 3.67. The van der Waals surface area contributed by atoms with Crippen LogP contribution in [0.25, 0.3) is 0 Å². The lowest BCUT2D eigenvalue weighted by Gasteiger charge is -2.31. The Bertz CT molecular complexity index is 607. The molecule has 166 valence electrons. The van der Waals surface area contributed by atoms with Gasteiger partial charge in [0.15, 0.2) is 5.96 Å². The summed E-state index contributed by atoms with van der Waals surface area (Å²) in [5.41, 5.74) is 1.50. The van der Waals surface area contributed by atoms with Gasteiger partial charge in [0.1, 0.15) is 0 Å². The van der Waals surface area contributed by atoms with E-state index in [4.69, 9.17) is 14.5 Å². The zero-order chi connectivity index (χ0) is 19.6. The number of hydrogen-bond donors (Lipinski definition) is 2. The highest BCUT2D eigenvalue weighted by atomic mass is 127. The number of guanidine groups is 1. The topological polar surface area (TPSA) is 58.1 Å². The van der Waals surface area contributed by atoms with Crippen molar-refractivity contribution >= 4 is 41.3 Å². The Morgan fingerprint density at radius 2 is 2.34 bits per heavy atom. The number of nitrogens with one attached hydrogen (secondary N) is 2. The molecule has 0 aromatic carbocycles. The second-order valence-electron chi connectivity index (χ2n) is 7.74. The number of aliphatic imine (C=N–C) groups is 1. The summed E-state index contributed by atoms with van der Waals surface area (Å²) in [5.74, 6) is 1.50. The maximum absolute atomic E-state index is 5.77. The van der Waals surface area contributed by atoms with Gasteiger partial charge >= 0.3 is 0 Å². The molecule has 0 aliphatic carbocycles. The lowest BCUT2D eigenvalue weighted by molar-refractivity contribution is 0.0888. The number of fused-ring (bicyclic) bond motifs is 1. The van der Waals surface area contributed by atoms with Crippen LogP contribution in [0.4, 0.5) is 0 Å². The van der Waals surface area contributed by atoms with Gasteiger partial charge in [0, 0.05) is 56.2 Å². The van der Waals surface area contributed by atoms with Gasteiger partial charge in [-0.05, 0) is 50.1 Å². The number of ether oxygens (including phenoxy) is 2. The molecule has 3 heterocycles. The molecule has 1 aromatic heterocycles. The third-order valence-corrected chi connectivity index (χ3v) is 6.48. The first kappa shape index (κ1) is 24.8. The van der Waals surface area contributed by atoms with E-state index >= 15 is 0 Å². The van der Waals surface area contributed by atoms with Crippen LogP contribution in [0.3, 0.4) is 0 Å². The molecule has 2 atom stereocenters. The van der Waals surface area contributed by atoms with Crippen molar-refractivity contribution in [3.05, 3.63) is 21.9 Å². The number of nitrogens with zero attached hydrogens (tertiary/aromatic N) is 2. The third-order valence-electron chi connectivity index (χ3n) is 5.45. The molecule has 3 rings (SSSR count). The molecule has 0 amide bonds. The summed E-state index contributed by atoms with van der Waals surface area (Å²) >= 11 is 1.89. The van der Waals surface area contributed by atoms with Gasteiger partial charge in [0.25, 0.3) is 0 Å². The fraction of sp³-hybridized carbons (Fsp3) is 0.762. The quantitative estimate of drug-likeness (QED) is 0.208. The van der Waals surface area contributed by atoms with Crippen LogP contribution in [0.2, 0.25) is 0 Å². The Morgan fingerprint density at radius 3 is 3.14 bits per heavy atom. The van der Waals surface area contributed by atoms with Crippen LogP contribution in [0, 0.1) is 5.92 Å². The van der Waals surface area contributed by atoms with Gasteiger partial charge in [-0.3, -0.25) is 9.89 Å².